The van der Waals surface area contributed by atoms with Gasteiger partial charge in [-0.1, -0.05) is 50.8 Å². The minimum Gasteiger partial charge on any atom is -0.103 e. The Morgan fingerprint density at radius 1 is 1.14 bits per heavy atom. The standard InChI is InChI=1S/C10H18.C4H8/c1-2-3-4-5-6-7-10-8-9-10;1-3-4-2/h7H,2-6,8-9H2,1H3;3H,1,4H2,2H3. The van der Waals surface area contributed by atoms with E-state index in [1.807, 2.05) is 6.08 Å². The highest BCUT2D eigenvalue weighted by molar-refractivity contribution is 5.15. The maximum atomic E-state index is 3.48. The second-order valence-electron chi connectivity index (χ2n) is 3.91. The van der Waals surface area contributed by atoms with Crippen molar-refractivity contribution >= 4 is 0 Å². The van der Waals surface area contributed by atoms with Gasteiger partial charge in [0.05, 0.1) is 0 Å². The summed E-state index contributed by atoms with van der Waals surface area (Å²) >= 11 is 0. The van der Waals surface area contributed by atoms with Gasteiger partial charge in [-0.2, -0.15) is 0 Å². The normalized spacial score (nSPS) is 12.9. The van der Waals surface area contributed by atoms with Crippen LogP contribution in [0.5, 0.6) is 0 Å². The lowest BCUT2D eigenvalue weighted by Gasteiger charge is -1.92. The van der Waals surface area contributed by atoms with E-state index in [0.29, 0.717) is 0 Å². The zero-order valence-electron chi connectivity index (χ0n) is 10.0. The number of hydrogen-bond acceptors (Lipinski definition) is 0. The van der Waals surface area contributed by atoms with Gasteiger partial charge in [-0.15, -0.1) is 6.58 Å². The average molecular weight is 194 g/mol. The predicted molar refractivity (Wildman–Crippen MR) is 66.6 cm³/mol. The van der Waals surface area contributed by atoms with E-state index in [2.05, 4.69) is 26.5 Å². The first-order valence-corrected chi connectivity index (χ1v) is 6.13. The summed E-state index contributed by atoms with van der Waals surface area (Å²) in [4.78, 5) is 0. The largest absolute Gasteiger partial charge is 0.103 e. The second-order valence-corrected chi connectivity index (χ2v) is 3.91. The van der Waals surface area contributed by atoms with Crippen molar-refractivity contribution in [1.29, 1.82) is 0 Å². The van der Waals surface area contributed by atoms with E-state index in [-0.39, 0.29) is 0 Å². The van der Waals surface area contributed by atoms with Gasteiger partial charge >= 0.3 is 0 Å². The molecule has 0 N–H and O–H groups in total. The SMILES string of the molecule is C=CCC.CCCCCCC=C1CC1. The fourth-order valence-corrected chi connectivity index (χ4v) is 1.15. The van der Waals surface area contributed by atoms with E-state index in [9.17, 15) is 0 Å². The van der Waals surface area contributed by atoms with Crippen molar-refractivity contribution in [2.45, 2.75) is 65.2 Å². The molecular formula is C14H26. The molecule has 0 amide bonds. The summed E-state index contributed by atoms with van der Waals surface area (Å²) in [6.45, 7) is 7.80. The molecule has 0 aliphatic heterocycles. The van der Waals surface area contributed by atoms with Crippen LogP contribution < -0.4 is 0 Å². The Balaban J connectivity index is 0.000000364. The summed E-state index contributed by atoms with van der Waals surface area (Å²) in [6, 6.07) is 0. The lowest BCUT2D eigenvalue weighted by Crippen LogP contribution is -1.72. The zero-order chi connectivity index (χ0) is 10.6. The summed E-state index contributed by atoms with van der Waals surface area (Å²) in [5.41, 5.74) is 1.71. The fourth-order valence-electron chi connectivity index (χ4n) is 1.15. The molecule has 82 valence electrons. The van der Waals surface area contributed by atoms with Crippen LogP contribution in [0.1, 0.15) is 65.2 Å². The van der Waals surface area contributed by atoms with Crippen LogP contribution in [0.15, 0.2) is 24.3 Å². The van der Waals surface area contributed by atoms with Crippen molar-refractivity contribution < 1.29 is 0 Å². The van der Waals surface area contributed by atoms with Gasteiger partial charge in [0.1, 0.15) is 0 Å². The van der Waals surface area contributed by atoms with E-state index in [4.69, 9.17) is 0 Å². The van der Waals surface area contributed by atoms with Gasteiger partial charge in [0.15, 0.2) is 0 Å². The molecule has 1 aliphatic carbocycles. The molecule has 0 aromatic heterocycles. The first-order valence-electron chi connectivity index (χ1n) is 6.13. The molecule has 0 saturated heterocycles. The third-order valence-electron chi connectivity index (χ3n) is 2.32. The number of unbranched alkanes of at least 4 members (excludes halogenated alkanes) is 4. The van der Waals surface area contributed by atoms with Crippen LogP contribution in [-0.2, 0) is 0 Å². The molecule has 0 heteroatoms. The van der Waals surface area contributed by atoms with Gasteiger partial charge in [-0.25, -0.2) is 0 Å². The second kappa shape index (κ2) is 10.6. The highest BCUT2D eigenvalue weighted by Gasteiger charge is 2.08. The lowest BCUT2D eigenvalue weighted by atomic mass is 10.1. The maximum absolute atomic E-state index is 3.48. The quantitative estimate of drug-likeness (QED) is 0.399. The van der Waals surface area contributed by atoms with Crippen molar-refractivity contribution in [1.82, 2.24) is 0 Å². The molecule has 0 heterocycles. The van der Waals surface area contributed by atoms with Crippen LogP contribution in [0, 0.1) is 0 Å². The summed E-state index contributed by atoms with van der Waals surface area (Å²) in [5, 5.41) is 0. The van der Waals surface area contributed by atoms with Gasteiger partial charge in [0, 0.05) is 0 Å². The van der Waals surface area contributed by atoms with Crippen LogP contribution in [0.3, 0.4) is 0 Å². The van der Waals surface area contributed by atoms with E-state index in [0.717, 1.165) is 6.42 Å². The van der Waals surface area contributed by atoms with Crippen LogP contribution in [-0.4, -0.2) is 0 Å². The molecule has 1 fully saturated rings. The van der Waals surface area contributed by atoms with Crippen molar-refractivity contribution in [2.75, 3.05) is 0 Å². The smallest absolute Gasteiger partial charge is 0.0283 e. The predicted octanol–water partition coefficient (Wildman–Crippen LogP) is 5.26. The summed E-state index contributed by atoms with van der Waals surface area (Å²) in [5.74, 6) is 0. The molecule has 1 saturated carbocycles. The van der Waals surface area contributed by atoms with Gasteiger partial charge < -0.3 is 0 Å². The Hall–Kier alpha value is -0.520. The van der Waals surface area contributed by atoms with E-state index in [1.54, 1.807) is 5.57 Å². The highest BCUT2D eigenvalue weighted by Crippen LogP contribution is 2.28. The Morgan fingerprint density at radius 3 is 2.21 bits per heavy atom. The molecule has 1 aliphatic rings. The van der Waals surface area contributed by atoms with E-state index in [1.165, 1.54) is 44.9 Å². The summed E-state index contributed by atoms with van der Waals surface area (Å²) in [6.07, 6.45) is 15.2. The molecule has 0 atom stereocenters. The van der Waals surface area contributed by atoms with Gasteiger partial charge in [0.25, 0.3) is 0 Å². The number of rotatable bonds is 6. The van der Waals surface area contributed by atoms with Crippen molar-refractivity contribution in [3.05, 3.63) is 24.3 Å². The Labute approximate surface area is 90.1 Å². The summed E-state index contributed by atoms with van der Waals surface area (Å²) < 4.78 is 0. The Bertz CT molecular complexity index is 147. The molecular weight excluding hydrogens is 168 g/mol. The van der Waals surface area contributed by atoms with Gasteiger partial charge in [-0.05, 0) is 32.1 Å². The molecule has 0 bridgehead atoms. The minimum absolute atomic E-state index is 1.08. The van der Waals surface area contributed by atoms with Crippen LogP contribution in [0.25, 0.3) is 0 Å². The third-order valence-corrected chi connectivity index (χ3v) is 2.32. The highest BCUT2D eigenvalue weighted by atomic mass is 14.1. The summed E-state index contributed by atoms with van der Waals surface area (Å²) in [7, 11) is 0. The Kier molecular flexibility index (Phi) is 10.2. The van der Waals surface area contributed by atoms with E-state index < -0.39 is 0 Å². The Morgan fingerprint density at radius 2 is 1.79 bits per heavy atom. The van der Waals surface area contributed by atoms with Gasteiger partial charge in [0.2, 0.25) is 0 Å². The van der Waals surface area contributed by atoms with E-state index >= 15 is 0 Å². The molecule has 1 rings (SSSR count). The molecule has 0 unspecified atom stereocenters. The minimum atomic E-state index is 1.08. The molecule has 0 aromatic rings. The fraction of sp³-hybridized carbons (Fsp3) is 0.714. The first kappa shape index (κ1) is 13.5. The van der Waals surface area contributed by atoms with Crippen LogP contribution in [0.2, 0.25) is 0 Å². The molecule has 0 aromatic carbocycles. The zero-order valence-corrected chi connectivity index (χ0v) is 10.0. The average Bonchev–Trinajstić information content (AvgIpc) is 3.02. The van der Waals surface area contributed by atoms with Crippen molar-refractivity contribution in [3.8, 4) is 0 Å². The van der Waals surface area contributed by atoms with Crippen molar-refractivity contribution in [2.24, 2.45) is 0 Å². The van der Waals surface area contributed by atoms with Crippen LogP contribution >= 0.6 is 0 Å². The van der Waals surface area contributed by atoms with Crippen LogP contribution in [0.4, 0.5) is 0 Å². The maximum Gasteiger partial charge on any atom is -0.0283 e. The molecule has 0 nitrogen and oxygen atoms in total. The third kappa shape index (κ3) is 11.5. The molecule has 14 heavy (non-hydrogen) atoms. The number of allylic oxidation sites excluding steroid dienone is 3. The topological polar surface area (TPSA) is 0 Å². The van der Waals surface area contributed by atoms with Crippen molar-refractivity contribution in [3.63, 3.8) is 0 Å². The number of hydrogen-bond donors (Lipinski definition) is 0. The van der Waals surface area contributed by atoms with Gasteiger partial charge in [-0.3, -0.25) is 0 Å². The monoisotopic (exact) mass is 194 g/mol. The molecule has 0 spiro atoms. The first-order chi connectivity index (χ1) is 6.85. The lowest BCUT2D eigenvalue weighted by molar-refractivity contribution is 0.674. The molecule has 0 radical (unpaired) electrons.